The number of aryl methyl sites for hydroxylation is 1. The van der Waals surface area contributed by atoms with E-state index in [2.05, 4.69) is 43.1 Å². The molecule has 0 radical (unpaired) electrons. The minimum absolute atomic E-state index is 0.570. The summed E-state index contributed by atoms with van der Waals surface area (Å²) in [6.45, 7) is 4.34. The Bertz CT molecular complexity index is 715. The number of benzene rings is 1. The van der Waals surface area contributed by atoms with Crippen molar-refractivity contribution in [2.75, 3.05) is 20.1 Å². The van der Waals surface area contributed by atoms with E-state index in [0.29, 0.717) is 5.92 Å². The highest BCUT2D eigenvalue weighted by molar-refractivity contribution is 5.64. The Balaban J connectivity index is 1.82. The maximum Gasteiger partial charge on any atom is 0.132 e. The van der Waals surface area contributed by atoms with E-state index >= 15 is 0 Å². The lowest BCUT2D eigenvalue weighted by atomic mass is 9.98. The van der Waals surface area contributed by atoms with Gasteiger partial charge in [0.25, 0.3) is 0 Å². The molecule has 0 spiro atoms. The molecule has 0 amide bonds. The lowest BCUT2D eigenvalue weighted by Crippen LogP contribution is -2.20. The summed E-state index contributed by atoms with van der Waals surface area (Å²) in [6.07, 6.45) is 7.27. The third-order valence-electron chi connectivity index (χ3n) is 5.63. The molecule has 3 nitrogen and oxygen atoms in total. The fraction of sp³-hybridized carbons (Fsp3) is 0.524. The van der Waals surface area contributed by atoms with Crippen LogP contribution in [0.3, 0.4) is 0 Å². The van der Waals surface area contributed by atoms with Gasteiger partial charge in [-0.25, -0.2) is 9.97 Å². The molecule has 24 heavy (non-hydrogen) atoms. The number of hydrogen-bond acceptors (Lipinski definition) is 3. The van der Waals surface area contributed by atoms with Crippen molar-refractivity contribution in [1.29, 1.82) is 0 Å². The molecule has 126 valence electrons. The van der Waals surface area contributed by atoms with E-state index in [9.17, 15) is 0 Å². The van der Waals surface area contributed by atoms with Crippen LogP contribution in [0.15, 0.2) is 24.3 Å². The summed E-state index contributed by atoms with van der Waals surface area (Å²) < 4.78 is 0. The Morgan fingerprint density at radius 2 is 1.67 bits per heavy atom. The molecule has 2 heterocycles. The van der Waals surface area contributed by atoms with Gasteiger partial charge < -0.3 is 4.90 Å². The first-order chi connectivity index (χ1) is 11.7. The van der Waals surface area contributed by atoms with Gasteiger partial charge in [0.15, 0.2) is 0 Å². The van der Waals surface area contributed by atoms with Gasteiger partial charge in [-0.3, -0.25) is 0 Å². The molecule has 1 fully saturated rings. The largest absolute Gasteiger partial charge is 0.306 e. The Hall–Kier alpha value is -1.74. The van der Waals surface area contributed by atoms with Crippen molar-refractivity contribution in [1.82, 2.24) is 14.9 Å². The first-order valence-electron chi connectivity index (χ1n) is 9.36. The van der Waals surface area contributed by atoms with Crippen LogP contribution in [0, 0.1) is 6.92 Å². The molecule has 2 aromatic rings. The van der Waals surface area contributed by atoms with Crippen molar-refractivity contribution >= 4 is 0 Å². The minimum atomic E-state index is 0.570. The van der Waals surface area contributed by atoms with E-state index < -0.39 is 0 Å². The second-order valence-electron chi connectivity index (χ2n) is 7.51. The molecule has 4 rings (SSSR count). The van der Waals surface area contributed by atoms with E-state index in [1.165, 1.54) is 53.8 Å². The highest BCUT2D eigenvalue weighted by Gasteiger charge is 2.25. The van der Waals surface area contributed by atoms with Crippen LogP contribution < -0.4 is 0 Å². The fourth-order valence-corrected chi connectivity index (χ4v) is 4.05. The molecule has 0 N–H and O–H groups in total. The number of aromatic nitrogens is 2. The highest BCUT2D eigenvalue weighted by atomic mass is 15.1. The smallest absolute Gasteiger partial charge is 0.132 e. The Labute approximate surface area is 145 Å². The zero-order valence-corrected chi connectivity index (χ0v) is 14.9. The van der Waals surface area contributed by atoms with Crippen molar-refractivity contribution in [2.24, 2.45) is 0 Å². The molecule has 0 saturated heterocycles. The Morgan fingerprint density at radius 3 is 2.42 bits per heavy atom. The van der Waals surface area contributed by atoms with E-state index in [-0.39, 0.29) is 0 Å². The van der Waals surface area contributed by atoms with E-state index in [0.717, 1.165) is 31.8 Å². The van der Waals surface area contributed by atoms with E-state index in [4.69, 9.17) is 9.97 Å². The summed E-state index contributed by atoms with van der Waals surface area (Å²) in [5.74, 6) is 1.67. The zero-order chi connectivity index (χ0) is 16.5. The average molecular weight is 321 g/mol. The van der Waals surface area contributed by atoms with Gasteiger partial charge in [0, 0.05) is 42.2 Å². The van der Waals surface area contributed by atoms with Crippen LogP contribution in [0.4, 0.5) is 0 Å². The standard InChI is InChI=1S/C21H27N3/c1-15-7-9-16(10-8-15)20-18-11-13-24(2)14-12-19(18)22-21(23-20)17-5-3-4-6-17/h7-10,17H,3-6,11-14H2,1-2H3. The van der Waals surface area contributed by atoms with Gasteiger partial charge in [-0.15, -0.1) is 0 Å². The molecule has 0 atom stereocenters. The van der Waals surface area contributed by atoms with Crippen LogP contribution in [0.25, 0.3) is 11.3 Å². The first-order valence-corrected chi connectivity index (χ1v) is 9.36. The quantitative estimate of drug-likeness (QED) is 0.832. The lowest BCUT2D eigenvalue weighted by molar-refractivity contribution is 0.352. The van der Waals surface area contributed by atoms with Gasteiger partial charge in [-0.2, -0.15) is 0 Å². The number of rotatable bonds is 2. The third-order valence-corrected chi connectivity index (χ3v) is 5.63. The molecular formula is C21H27N3. The maximum absolute atomic E-state index is 5.11. The second-order valence-corrected chi connectivity index (χ2v) is 7.51. The normalized spacial score (nSPS) is 19.2. The molecule has 3 heteroatoms. The summed E-state index contributed by atoms with van der Waals surface area (Å²) in [5, 5.41) is 0. The Kier molecular flexibility index (Phi) is 4.36. The number of fused-ring (bicyclic) bond motifs is 1. The molecule has 1 aromatic heterocycles. The third kappa shape index (κ3) is 3.10. The van der Waals surface area contributed by atoms with Crippen molar-refractivity contribution in [3.63, 3.8) is 0 Å². The van der Waals surface area contributed by atoms with Crippen LogP contribution in [0.1, 0.15) is 54.2 Å². The van der Waals surface area contributed by atoms with Gasteiger partial charge in [-0.1, -0.05) is 42.7 Å². The van der Waals surface area contributed by atoms with Gasteiger partial charge in [-0.05, 0) is 33.2 Å². The molecule has 0 bridgehead atoms. The maximum atomic E-state index is 5.11. The van der Waals surface area contributed by atoms with Crippen LogP contribution in [-0.2, 0) is 12.8 Å². The molecule has 0 unspecified atom stereocenters. The van der Waals surface area contributed by atoms with E-state index in [1.54, 1.807) is 0 Å². The molecule has 1 aliphatic heterocycles. The van der Waals surface area contributed by atoms with Crippen LogP contribution in [0.5, 0.6) is 0 Å². The molecular weight excluding hydrogens is 294 g/mol. The van der Waals surface area contributed by atoms with Crippen molar-refractivity contribution in [3.05, 3.63) is 46.9 Å². The topological polar surface area (TPSA) is 29.0 Å². The van der Waals surface area contributed by atoms with Crippen molar-refractivity contribution in [3.8, 4) is 11.3 Å². The Morgan fingerprint density at radius 1 is 0.958 bits per heavy atom. The summed E-state index contributed by atoms with van der Waals surface area (Å²) in [5.41, 5.74) is 6.42. The van der Waals surface area contributed by atoms with Gasteiger partial charge >= 0.3 is 0 Å². The SMILES string of the molecule is Cc1ccc(-c2nc(C3CCCC3)nc3c2CCN(C)CC3)cc1. The first kappa shape index (κ1) is 15.8. The van der Waals surface area contributed by atoms with Crippen LogP contribution in [0.2, 0.25) is 0 Å². The second kappa shape index (κ2) is 6.64. The van der Waals surface area contributed by atoms with Crippen LogP contribution in [-0.4, -0.2) is 35.0 Å². The van der Waals surface area contributed by atoms with Crippen molar-refractivity contribution in [2.45, 2.75) is 51.4 Å². The van der Waals surface area contributed by atoms with Gasteiger partial charge in [0.05, 0.1) is 5.69 Å². The molecule has 1 aromatic carbocycles. The summed E-state index contributed by atoms with van der Waals surface area (Å²) in [7, 11) is 2.21. The van der Waals surface area contributed by atoms with Crippen molar-refractivity contribution < 1.29 is 0 Å². The minimum Gasteiger partial charge on any atom is -0.306 e. The summed E-state index contributed by atoms with van der Waals surface area (Å²) >= 11 is 0. The van der Waals surface area contributed by atoms with E-state index in [1.807, 2.05) is 0 Å². The summed E-state index contributed by atoms with van der Waals surface area (Å²) in [4.78, 5) is 12.6. The van der Waals surface area contributed by atoms with Gasteiger partial charge in [0.1, 0.15) is 5.82 Å². The average Bonchev–Trinajstić information content (AvgIpc) is 3.06. The number of hydrogen-bond donors (Lipinski definition) is 0. The number of likely N-dealkylation sites (N-methyl/N-ethyl adjacent to an activating group) is 1. The monoisotopic (exact) mass is 321 g/mol. The van der Waals surface area contributed by atoms with Gasteiger partial charge in [0.2, 0.25) is 0 Å². The van der Waals surface area contributed by atoms with Crippen LogP contribution >= 0.6 is 0 Å². The summed E-state index contributed by atoms with van der Waals surface area (Å²) in [6, 6.07) is 8.85. The number of nitrogens with zero attached hydrogens (tertiary/aromatic N) is 3. The molecule has 2 aliphatic rings. The molecule has 1 aliphatic carbocycles. The fourth-order valence-electron chi connectivity index (χ4n) is 4.05. The highest BCUT2D eigenvalue weighted by Crippen LogP contribution is 2.35. The predicted molar refractivity (Wildman–Crippen MR) is 98.3 cm³/mol. The molecule has 1 saturated carbocycles. The zero-order valence-electron chi connectivity index (χ0n) is 14.9. The lowest BCUT2D eigenvalue weighted by Gasteiger charge is -2.16. The predicted octanol–water partition coefficient (Wildman–Crippen LogP) is 4.14.